The van der Waals surface area contributed by atoms with E-state index in [0.717, 1.165) is 30.6 Å². The summed E-state index contributed by atoms with van der Waals surface area (Å²) >= 11 is 1.62. The van der Waals surface area contributed by atoms with Gasteiger partial charge in [-0.1, -0.05) is 37.5 Å². The second kappa shape index (κ2) is 12.9. The predicted octanol–water partition coefficient (Wildman–Crippen LogP) is 5.15. The zero-order valence-corrected chi connectivity index (χ0v) is 23.7. The maximum Gasteiger partial charge on any atom is 0.308 e. The lowest BCUT2D eigenvalue weighted by molar-refractivity contribution is -0.143. The number of sulfonamides is 1. The lowest BCUT2D eigenvalue weighted by Crippen LogP contribution is -2.49. The first-order chi connectivity index (χ1) is 17.7. The van der Waals surface area contributed by atoms with Crippen molar-refractivity contribution in [1.29, 1.82) is 0 Å². The first kappa shape index (κ1) is 29.1. The molecule has 1 heterocycles. The molecule has 0 unspecified atom stereocenters. The minimum absolute atomic E-state index is 0.127. The summed E-state index contributed by atoms with van der Waals surface area (Å²) in [6.07, 6.45) is 3.48. The summed E-state index contributed by atoms with van der Waals surface area (Å²) in [4.78, 5) is 12.5. The average Bonchev–Trinajstić information content (AvgIpc) is 2.89. The van der Waals surface area contributed by atoms with Crippen LogP contribution in [-0.4, -0.2) is 62.7 Å². The van der Waals surface area contributed by atoms with Crippen molar-refractivity contribution in [3.63, 3.8) is 0 Å². The van der Waals surface area contributed by atoms with Gasteiger partial charge in [0.25, 0.3) is 0 Å². The third kappa shape index (κ3) is 6.53. The van der Waals surface area contributed by atoms with Crippen molar-refractivity contribution in [2.75, 3.05) is 33.6 Å². The second-order valence-electron chi connectivity index (χ2n) is 9.16. The number of ether oxygens (including phenoxy) is 3. The molecule has 0 saturated carbocycles. The molecule has 0 radical (unpaired) electrons. The Morgan fingerprint density at radius 3 is 2.19 bits per heavy atom. The maximum absolute atomic E-state index is 13.9. The van der Waals surface area contributed by atoms with Crippen molar-refractivity contribution in [3.05, 3.63) is 47.5 Å². The maximum atomic E-state index is 13.9. The smallest absolute Gasteiger partial charge is 0.308 e. The van der Waals surface area contributed by atoms with Gasteiger partial charge < -0.3 is 19.3 Å². The van der Waals surface area contributed by atoms with Gasteiger partial charge in [0.05, 0.1) is 38.2 Å². The van der Waals surface area contributed by atoms with E-state index in [1.807, 2.05) is 6.92 Å². The second-order valence-corrected chi connectivity index (χ2v) is 12.4. The molecule has 2 aromatic carbocycles. The van der Waals surface area contributed by atoms with Crippen LogP contribution in [0.5, 0.6) is 17.2 Å². The standard InChI is InChI=1S/C27H37NO7S2/c1-6-7-8-13-36-25-16-22(19-14-23(33-3)26(35-5)24(15-19)34-4)28(17-21(25)27(29)30)37(31,32)20-11-9-18(2)10-12-20/h9-12,14-15,21-22,25H,6-8,13,16-17H2,1-5H3,(H,29,30)/t21-,22+,25-/m1/s1. The number of methoxy groups -OCH3 is 3. The predicted molar refractivity (Wildman–Crippen MR) is 145 cm³/mol. The fourth-order valence-corrected chi connectivity index (χ4v) is 7.73. The lowest BCUT2D eigenvalue weighted by atomic mass is 9.90. The van der Waals surface area contributed by atoms with Gasteiger partial charge in [0, 0.05) is 11.8 Å². The fraction of sp³-hybridized carbons (Fsp3) is 0.519. The number of hydrogen-bond donors (Lipinski definition) is 1. The number of aryl methyl sites for hydroxylation is 1. The van der Waals surface area contributed by atoms with Gasteiger partial charge in [-0.25, -0.2) is 8.42 Å². The molecule has 8 nitrogen and oxygen atoms in total. The van der Waals surface area contributed by atoms with Crippen LogP contribution in [0.25, 0.3) is 0 Å². The molecular formula is C27H37NO7S2. The molecule has 1 saturated heterocycles. The van der Waals surface area contributed by atoms with E-state index in [-0.39, 0.29) is 16.7 Å². The van der Waals surface area contributed by atoms with E-state index in [2.05, 4.69) is 6.92 Å². The van der Waals surface area contributed by atoms with Crippen molar-refractivity contribution in [2.24, 2.45) is 5.92 Å². The number of carboxylic acids is 1. The van der Waals surface area contributed by atoms with Crippen LogP contribution in [0.1, 0.15) is 49.8 Å². The Morgan fingerprint density at radius 1 is 1.05 bits per heavy atom. The van der Waals surface area contributed by atoms with E-state index in [1.54, 1.807) is 48.2 Å². The molecule has 10 heteroatoms. The minimum atomic E-state index is -4.00. The van der Waals surface area contributed by atoms with E-state index in [0.29, 0.717) is 29.2 Å². The molecule has 1 fully saturated rings. The summed E-state index contributed by atoms with van der Waals surface area (Å²) in [7, 11) is 0.526. The van der Waals surface area contributed by atoms with Gasteiger partial charge in [-0.2, -0.15) is 16.1 Å². The summed E-state index contributed by atoms with van der Waals surface area (Å²) in [6, 6.07) is 9.52. The summed E-state index contributed by atoms with van der Waals surface area (Å²) in [5, 5.41) is 9.85. The van der Waals surface area contributed by atoms with Crippen LogP contribution >= 0.6 is 11.8 Å². The van der Waals surface area contributed by atoms with Gasteiger partial charge in [-0.05, 0) is 55.3 Å². The van der Waals surface area contributed by atoms with Crippen LogP contribution in [0, 0.1) is 12.8 Å². The van der Waals surface area contributed by atoms with Crippen LogP contribution < -0.4 is 14.2 Å². The molecule has 0 spiro atoms. The summed E-state index contributed by atoms with van der Waals surface area (Å²) in [5.41, 5.74) is 1.60. The van der Waals surface area contributed by atoms with Crippen molar-refractivity contribution < 1.29 is 32.5 Å². The Hall–Kier alpha value is -2.43. The van der Waals surface area contributed by atoms with Crippen LogP contribution in [0.3, 0.4) is 0 Å². The molecule has 1 aliphatic heterocycles. The highest BCUT2D eigenvalue weighted by Crippen LogP contribution is 2.46. The number of piperidine rings is 1. The van der Waals surface area contributed by atoms with Gasteiger partial charge in [0.2, 0.25) is 15.8 Å². The quantitative estimate of drug-likeness (QED) is 0.362. The number of aliphatic carboxylic acids is 1. The zero-order chi connectivity index (χ0) is 27.2. The number of benzene rings is 2. The van der Waals surface area contributed by atoms with Crippen LogP contribution in [0.15, 0.2) is 41.3 Å². The van der Waals surface area contributed by atoms with E-state index in [1.165, 1.54) is 25.6 Å². The molecular weight excluding hydrogens is 514 g/mol. The molecule has 0 bridgehead atoms. The van der Waals surface area contributed by atoms with Crippen molar-refractivity contribution in [2.45, 2.75) is 55.7 Å². The molecule has 0 aliphatic carbocycles. The minimum Gasteiger partial charge on any atom is -0.493 e. The molecule has 37 heavy (non-hydrogen) atoms. The molecule has 2 aromatic rings. The first-order valence-electron chi connectivity index (χ1n) is 12.4. The van der Waals surface area contributed by atoms with Gasteiger partial charge in [0.1, 0.15) is 0 Å². The van der Waals surface area contributed by atoms with Gasteiger partial charge >= 0.3 is 5.97 Å². The average molecular weight is 552 g/mol. The number of carboxylic acid groups (broad SMARTS) is 1. The SMILES string of the molecule is CCCCCS[C@@H]1C[C@@H](c2cc(OC)c(OC)c(OC)c2)N(S(=O)(=O)c2ccc(C)cc2)C[C@H]1C(=O)O. The summed E-state index contributed by atoms with van der Waals surface area (Å²) in [5.74, 6) is 0.251. The largest absolute Gasteiger partial charge is 0.493 e. The third-order valence-electron chi connectivity index (χ3n) is 6.73. The number of carbonyl (C=O) groups is 1. The van der Waals surface area contributed by atoms with Crippen molar-refractivity contribution >= 4 is 27.8 Å². The van der Waals surface area contributed by atoms with Gasteiger partial charge in [-0.15, -0.1) is 0 Å². The van der Waals surface area contributed by atoms with Gasteiger partial charge in [-0.3, -0.25) is 4.79 Å². The Labute approximate surface area is 224 Å². The number of rotatable bonds is 12. The Balaban J connectivity index is 2.11. The van der Waals surface area contributed by atoms with E-state index in [4.69, 9.17) is 14.2 Å². The molecule has 1 N–H and O–H groups in total. The molecule has 204 valence electrons. The fourth-order valence-electron chi connectivity index (χ4n) is 4.66. The monoisotopic (exact) mass is 551 g/mol. The van der Waals surface area contributed by atoms with Crippen molar-refractivity contribution in [1.82, 2.24) is 4.31 Å². The Kier molecular flexibility index (Phi) is 10.1. The van der Waals surface area contributed by atoms with Crippen LogP contribution in [0.2, 0.25) is 0 Å². The molecule has 0 amide bonds. The topological polar surface area (TPSA) is 102 Å². The molecule has 1 aliphatic rings. The molecule has 0 aromatic heterocycles. The van der Waals surface area contributed by atoms with E-state index < -0.39 is 28.0 Å². The highest BCUT2D eigenvalue weighted by atomic mass is 32.2. The van der Waals surface area contributed by atoms with E-state index in [9.17, 15) is 18.3 Å². The Bertz CT molecular complexity index is 1140. The normalized spacial score (nSPS) is 20.4. The first-order valence-corrected chi connectivity index (χ1v) is 14.9. The number of thioether (sulfide) groups is 1. The summed E-state index contributed by atoms with van der Waals surface area (Å²) < 4.78 is 45.7. The highest BCUT2D eigenvalue weighted by Gasteiger charge is 2.45. The van der Waals surface area contributed by atoms with Crippen LogP contribution in [-0.2, 0) is 14.8 Å². The van der Waals surface area contributed by atoms with Crippen molar-refractivity contribution in [3.8, 4) is 17.2 Å². The number of hydrogen-bond acceptors (Lipinski definition) is 7. The van der Waals surface area contributed by atoms with Crippen LogP contribution in [0.4, 0.5) is 0 Å². The molecule has 3 atom stereocenters. The van der Waals surface area contributed by atoms with Gasteiger partial charge in [0.15, 0.2) is 11.5 Å². The molecule has 3 rings (SSSR count). The van der Waals surface area contributed by atoms with E-state index >= 15 is 0 Å². The summed E-state index contributed by atoms with van der Waals surface area (Å²) in [6.45, 7) is 3.88. The third-order valence-corrected chi connectivity index (χ3v) is 10.1. The Morgan fingerprint density at radius 2 is 1.68 bits per heavy atom. The highest BCUT2D eigenvalue weighted by molar-refractivity contribution is 7.99. The number of nitrogens with zero attached hydrogens (tertiary/aromatic N) is 1. The lowest BCUT2D eigenvalue weighted by Gasteiger charge is -2.42. The number of unbranched alkanes of at least 4 members (excludes halogenated alkanes) is 2. The zero-order valence-electron chi connectivity index (χ0n) is 22.1.